The van der Waals surface area contributed by atoms with E-state index in [1.165, 1.54) is 11.1 Å². The summed E-state index contributed by atoms with van der Waals surface area (Å²) in [5, 5.41) is 6.85. The molecule has 1 heterocycles. The average molecular weight is 453 g/mol. The molecule has 5 rings (SSSR count). The third-order valence-electron chi connectivity index (χ3n) is 6.94. The number of hydrogen-bond donors (Lipinski definition) is 2. The topological polar surface area (TPSA) is 50.4 Å². The second-order valence-electron chi connectivity index (χ2n) is 9.20. The number of para-hydroxylation sites is 1. The minimum absolute atomic E-state index is 0.00152. The minimum Gasteiger partial charge on any atom is -0.489 e. The Kier molecular flexibility index (Phi) is 6.66. The molecule has 0 aromatic heterocycles. The zero-order valence-electron chi connectivity index (χ0n) is 19.7. The Balaban J connectivity index is 1.36. The van der Waals surface area contributed by atoms with Gasteiger partial charge in [-0.15, -0.1) is 0 Å². The van der Waals surface area contributed by atoms with Crippen molar-refractivity contribution in [2.24, 2.45) is 5.92 Å². The molecule has 0 saturated heterocycles. The van der Waals surface area contributed by atoms with Gasteiger partial charge in [0.1, 0.15) is 12.4 Å². The van der Waals surface area contributed by atoms with E-state index in [4.69, 9.17) is 4.74 Å². The van der Waals surface area contributed by atoms with Gasteiger partial charge in [0.25, 0.3) is 5.91 Å². The van der Waals surface area contributed by atoms with Gasteiger partial charge in [0.2, 0.25) is 0 Å². The van der Waals surface area contributed by atoms with E-state index in [0.29, 0.717) is 25.0 Å². The first kappa shape index (κ1) is 22.3. The van der Waals surface area contributed by atoms with E-state index in [9.17, 15) is 4.79 Å². The Morgan fingerprint density at radius 3 is 2.65 bits per heavy atom. The molecule has 0 fully saturated rings. The summed E-state index contributed by atoms with van der Waals surface area (Å²) in [5.74, 6) is 1.61. The van der Waals surface area contributed by atoms with Crippen molar-refractivity contribution in [2.75, 3.05) is 11.9 Å². The van der Waals surface area contributed by atoms with E-state index >= 15 is 0 Å². The van der Waals surface area contributed by atoms with Crippen molar-refractivity contribution < 1.29 is 9.53 Å². The van der Waals surface area contributed by atoms with E-state index in [1.54, 1.807) is 0 Å². The Bertz CT molecular complexity index is 1150. The first-order valence-corrected chi connectivity index (χ1v) is 12.4. The molecule has 1 aliphatic carbocycles. The number of nitrogens with one attached hydrogen (secondary N) is 2. The van der Waals surface area contributed by atoms with Crippen molar-refractivity contribution >= 4 is 11.6 Å². The van der Waals surface area contributed by atoms with Gasteiger partial charge in [0, 0.05) is 12.5 Å². The molecule has 4 nitrogen and oxygen atoms in total. The maximum atomic E-state index is 13.0. The highest BCUT2D eigenvalue weighted by Gasteiger charge is 2.39. The van der Waals surface area contributed by atoms with Crippen molar-refractivity contribution in [1.29, 1.82) is 0 Å². The summed E-state index contributed by atoms with van der Waals surface area (Å²) < 4.78 is 5.99. The van der Waals surface area contributed by atoms with Crippen LogP contribution in [-0.2, 0) is 6.61 Å². The summed E-state index contributed by atoms with van der Waals surface area (Å²) in [4.78, 5) is 13.0. The highest BCUT2D eigenvalue weighted by Crippen LogP contribution is 2.50. The Labute approximate surface area is 202 Å². The molecule has 0 saturated carbocycles. The summed E-state index contributed by atoms with van der Waals surface area (Å²) in [6, 6.07) is 24.9. The van der Waals surface area contributed by atoms with Crippen LogP contribution in [0.15, 0.2) is 84.9 Å². The van der Waals surface area contributed by atoms with Gasteiger partial charge in [0.15, 0.2) is 0 Å². The van der Waals surface area contributed by atoms with E-state index in [-0.39, 0.29) is 11.9 Å². The highest BCUT2D eigenvalue weighted by molar-refractivity contribution is 6.00. The predicted molar refractivity (Wildman–Crippen MR) is 137 cm³/mol. The van der Waals surface area contributed by atoms with Crippen LogP contribution in [0.25, 0.3) is 0 Å². The quantitative estimate of drug-likeness (QED) is 0.298. The van der Waals surface area contributed by atoms with Crippen molar-refractivity contribution in [3.63, 3.8) is 0 Å². The van der Waals surface area contributed by atoms with Crippen LogP contribution in [0.4, 0.5) is 5.69 Å². The third-order valence-corrected chi connectivity index (χ3v) is 6.94. The van der Waals surface area contributed by atoms with E-state index in [2.05, 4.69) is 72.2 Å². The number of allylic oxidation sites excluding steroid dienone is 2. The summed E-state index contributed by atoms with van der Waals surface area (Å²) in [6.45, 7) is 3.40. The van der Waals surface area contributed by atoms with Crippen LogP contribution in [0, 0.1) is 5.92 Å². The van der Waals surface area contributed by atoms with Crippen LogP contribution in [-0.4, -0.2) is 12.5 Å². The van der Waals surface area contributed by atoms with Crippen LogP contribution >= 0.6 is 0 Å². The highest BCUT2D eigenvalue weighted by atomic mass is 16.5. The number of anilines is 1. The fourth-order valence-electron chi connectivity index (χ4n) is 5.13. The SMILES string of the molecule is CCCCNC(=O)c1cccc2c1NC(c1ccc(OCc3ccccc3)cc1)C1CC=CC21. The van der Waals surface area contributed by atoms with E-state index in [1.807, 2.05) is 30.3 Å². The van der Waals surface area contributed by atoms with Crippen LogP contribution < -0.4 is 15.4 Å². The average Bonchev–Trinajstić information content (AvgIpc) is 3.38. The van der Waals surface area contributed by atoms with Gasteiger partial charge in [0.05, 0.1) is 17.3 Å². The monoisotopic (exact) mass is 452 g/mol. The zero-order valence-corrected chi connectivity index (χ0v) is 19.7. The van der Waals surface area contributed by atoms with Crippen LogP contribution in [0.3, 0.4) is 0 Å². The van der Waals surface area contributed by atoms with Crippen LogP contribution in [0.2, 0.25) is 0 Å². The predicted octanol–water partition coefficient (Wildman–Crippen LogP) is 6.62. The third kappa shape index (κ3) is 4.58. The molecule has 34 heavy (non-hydrogen) atoms. The van der Waals surface area contributed by atoms with Gasteiger partial charge >= 0.3 is 0 Å². The number of amides is 1. The molecular weight excluding hydrogens is 420 g/mol. The van der Waals surface area contributed by atoms with Crippen LogP contribution in [0.1, 0.15) is 65.2 Å². The molecule has 1 aliphatic heterocycles. The molecule has 3 aromatic carbocycles. The molecule has 0 spiro atoms. The molecule has 3 aromatic rings. The molecule has 3 atom stereocenters. The standard InChI is InChI=1S/C30H32N2O2/c1-2-3-19-31-30(33)27-14-8-13-26-24-11-7-12-25(24)28(32-29(26)27)22-15-17-23(18-16-22)34-20-21-9-5-4-6-10-21/h4-11,13-18,24-25,28,32H,2-3,12,19-20H2,1H3,(H,31,33). The van der Waals surface area contributed by atoms with Crippen molar-refractivity contribution in [1.82, 2.24) is 5.32 Å². The normalized spacial score (nSPS) is 20.2. The minimum atomic E-state index is 0.00152. The maximum absolute atomic E-state index is 13.0. The maximum Gasteiger partial charge on any atom is 0.253 e. The number of benzene rings is 3. The van der Waals surface area contributed by atoms with Gasteiger partial charge in [-0.25, -0.2) is 0 Å². The van der Waals surface area contributed by atoms with Gasteiger partial charge in [-0.1, -0.05) is 80.1 Å². The molecule has 1 amide bonds. The van der Waals surface area contributed by atoms with E-state index < -0.39 is 0 Å². The smallest absolute Gasteiger partial charge is 0.253 e. The first-order valence-electron chi connectivity index (χ1n) is 12.4. The second-order valence-corrected chi connectivity index (χ2v) is 9.20. The fraction of sp³-hybridized carbons (Fsp3) is 0.300. The number of ether oxygens (including phenoxy) is 1. The molecule has 2 N–H and O–H groups in total. The Hall–Kier alpha value is -3.53. The lowest BCUT2D eigenvalue weighted by molar-refractivity contribution is 0.0953. The number of unbranched alkanes of at least 4 members (excludes halogenated alkanes) is 1. The van der Waals surface area contributed by atoms with Gasteiger partial charge in [-0.05, 0) is 53.6 Å². The Morgan fingerprint density at radius 2 is 1.85 bits per heavy atom. The lowest BCUT2D eigenvalue weighted by Crippen LogP contribution is -2.32. The van der Waals surface area contributed by atoms with Crippen molar-refractivity contribution in [3.05, 3.63) is 107 Å². The number of fused-ring (bicyclic) bond motifs is 3. The summed E-state index contributed by atoms with van der Waals surface area (Å²) in [5.41, 5.74) is 5.30. The molecule has 3 unspecified atom stereocenters. The van der Waals surface area contributed by atoms with Crippen LogP contribution in [0.5, 0.6) is 5.75 Å². The van der Waals surface area contributed by atoms with Crippen molar-refractivity contribution in [3.8, 4) is 5.75 Å². The molecule has 0 bridgehead atoms. The number of hydrogen-bond acceptors (Lipinski definition) is 3. The molecule has 0 radical (unpaired) electrons. The summed E-state index contributed by atoms with van der Waals surface area (Å²) >= 11 is 0. The molecule has 2 aliphatic rings. The Morgan fingerprint density at radius 1 is 1.03 bits per heavy atom. The van der Waals surface area contributed by atoms with Crippen molar-refractivity contribution in [2.45, 2.75) is 44.8 Å². The lowest BCUT2D eigenvalue weighted by atomic mass is 9.76. The number of carbonyl (C=O) groups excluding carboxylic acids is 1. The van der Waals surface area contributed by atoms with E-state index in [0.717, 1.165) is 41.8 Å². The number of rotatable bonds is 8. The number of carbonyl (C=O) groups is 1. The van der Waals surface area contributed by atoms with Gasteiger partial charge < -0.3 is 15.4 Å². The molecule has 174 valence electrons. The fourth-order valence-corrected chi connectivity index (χ4v) is 5.13. The molecular formula is C30H32N2O2. The molecule has 4 heteroatoms. The first-order chi connectivity index (χ1) is 16.7. The van der Waals surface area contributed by atoms with Gasteiger partial charge in [-0.3, -0.25) is 4.79 Å². The summed E-state index contributed by atoms with van der Waals surface area (Å²) in [6.07, 6.45) is 7.68. The van der Waals surface area contributed by atoms with Gasteiger partial charge in [-0.2, -0.15) is 0 Å². The largest absolute Gasteiger partial charge is 0.489 e. The lowest BCUT2D eigenvalue weighted by Gasteiger charge is -2.38. The second kappa shape index (κ2) is 10.2. The zero-order chi connectivity index (χ0) is 23.3. The summed E-state index contributed by atoms with van der Waals surface area (Å²) in [7, 11) is 0.